The van der Waals surface area contributed by atoms with Crippen LogP contribution in [0.4, 0.5) is 13.2 Å². The first-order valence-electron chi connectivity index (χ1n) is 13.9. The summed E-state index contributed by atoms with van der Waals surface area (Å²) >= 11 is 0. The van der Waals surface area contributed by atoms with E-state index in [1.54, 1.807) is 4.90 Å². The average Bonchev–Trinajstić information content (AvgIpc) is 3.58. The number of carbonyl (C=O) groups excluding carboxylic acids is 2. The molecule has 0 spiro atoms. The van der Waals surface area contributed by atoms with Gasteiger partial charge in [-0.05, 0) is 55.7 Å². The molecule has 1 aromatic rings. The Morgan fingerprint density at radius 2 is 1.68 bits per heavy atom. The predicted molar refractivity (Wildman–Crippen MR) is 138 cm³/mol. The van der Waals surface area contributed by atoms with E-state index in [9.17, 15) is 31.2 Å². The fourth-order valence-corrected chi connectivity index (χ4v) is 7.69. The summed E-state index contributed by atoms with van der Waals surface area (Å²) in [4.78, 5) is 28.6. The highest BCUT2D eigenvalue weighted by molar-refractivity contribution is 7.86. The summed E-state index contributed by atoms with van der Waals surface area (Å²) in [5.74, 6) is -1.06. The number of amides is 2. The van der Waals surface area contributed by atoms with E-state index in [0.29, 0.717) is 56.7 Å². The Labute approximate surface area is 232 Å². The topological polar surface area (TPSA) is 114 Å². The second kappa shape index (κ2) is 11.3. The van der Waals surface area contributed by atoms with Gasteiger partial charge < -0.3 is 10.2 Å². The summed E-state index contributed by atoms with van der Waals surface area (Å²) in [6.07, 6.45) is 0.346. The molecule has 3 saturated heterocycles. The monoisotopic (exact) mass is 581 g/mol. The molecule has 4 fully saturated rings. The summed E-state index contributed by atoms with van der Waals surface area (Å²) in [5.41, 5.74) is -0.148. The highest BCUT2D eigenvalue weighted by Crippen LogP contribution is 2.39. The van der Waals surface area contributed by atoms with Crippen LogP contribution in [0.25, 0.3) is 0 Å². The Morgan fingerprint density at radius 1 is 1.00 bits per heavy atom. The van der Waals surface area contributed by atoms with Gasteiger partial charge in [0, 0.05) is 32.7 Å². The van der Waals surface area contributed by atoms with Crippen LogP contribution in [-0.2, 0) is 26.0 Å². The molecule has 1 unspecified atom stereocenters. The van der Waals surface area contributed by atoms with Crippen molar-refractivity contribution in [3.63, 3.8) is 0 Å². The van der Waals surface area contributed by atoms with Crippen LogP contribution >= 0.6 is 0 Å². The maximum Gasteiger partial charge on any atom is 0.416 e. The Kier molecular flexibility index (Phi) is 8.14. The lowest BCUT2D eigenvalue weighted by molar-refractivity contribution is -0.142. The molecule has 3 atom stereocenters. The van der Waals surface area contributed by atoms with Crippen molar-refractivity contribution in [1.82, 2.24) is 18.8 Å². The third-order valence-corrected chi connectivity index (χ3v) is 10.4. The zero-order chi connectivity index (χ0) is 28.7. The van der Waals surface area contributed by atoms with E-state index in [2.05, 4.69) is 11.4 Å². The van der Waals surface area contributed by atoms with Crippen molar-refractivity contribution in [2.45, 2.75) is 63.2 Å². The van der Waals surface area contributed by atoms with Gasteiger partial charge in [0.1, 0.15) is 6.04 Å². The van der Waals surface area contributed by atoms with Crippen LogP contribution in [0.15, 0.2) is 24.3 Å². The molecule has 5 rings (SSSR count). The Bertz CT molecular complexity index is 1260. The van der Waals surface area contributed by atoms with Crippen molar-refractivity contribution in [3.8, 4) is 6.07 Å². The van der Waals surface area contributed by atoms with Crippen molar-refractivity contribution < 1.29 is 31.2 Å². The van der Waals surface area contributed by atoms with Gasteiger partial charge in [0.15, 0.2) is 0 Å². The van der Waals surface area contributed by atoms with Crippen LogP contribution < -0.4 is 5.32 Å². The summed E-state index contributed by atoms with van der Waals surface area (Å²) in [6, 6.07) is 5.76. The van der Waals surface area contributed by atoms with E-state index < -0.39 is 40.0 Å². The Morgan fingerprint density at radius 3 is 2.30 bits per heavy atom. The fourth-order valence-electron chi connectivity index (χ4n) is 5.90. The van der Waals surface area contributed by atoms with E-state index in [4.69, 9.17) is 5.26 Å². The summed E-state index contributed by atoms with van der Waals surface area (Å²) in [7, 11) is -3.76. The largest absolute Gasteiger partial charge is 0.416 e. The maximum atomic E-state index is 13.6. The Hall–Kier alpha value is -2.69. The van der Waals surface area contributed by atoms with Crippen molar-refractivity contribution in [3.05, 3.63) is 35.4 Å². The molecule has 3 heterocycles. The first-order valence-corrected chi connectivity index (χ1v) is 15.3. The van der Waals surface area contributed by atoms with Gasteiger partial charge in [-0.1, -0.05) is 25.0 Å². The maximum absolute atomic E-state index is 13.6. The van der Waals surface area contributed by atoms with Gasteiger partial charge in [0.05, 0.1) is 29.5 Å². The molecule has 1 N–H and O–H groups in total. The molecule has 1 aromatic carbocycles. The predicted octanol–water partition coefficient (Wildman–Crippen LogP) is 3.07. The number of benzene rings is 1. The third kappa shape index (κ3) is 6.14. The average molecular weight is 582 g/mol. The third-order valence-electron chi connectivity index (χ3n) is 8.48. The molecule has 9 nitrogen and oxygen atoms in total. The molecule has 2 amide bonds. The normalized spacial score (nSPS) is 25.7. The standard InChI is InChI=1S/C27H34F3N5O4S/c28-27(29,30)22-9-7-20(8-10-22)23(13-18-5-6-18)32-25(36)24-4-2-12-35(24)26(37)21-3-1-11-33(17-21)40(38,39)34-15-19(14-31)16-34/h7-10,18-19,21,23-24H,1-6,11-13,15-17H2,(H,32,36)/t21-,23?,24+/m0/s1. The number of hydrogen-bond donors (Lipinski definition) is 1. The lowest BCUT2D eigenvalue weighted by atomic mass is 9.97. The van der Waals surface area contributed by atoms with Gasteiger partial charge in [-0.15, -0.1) is 0 Å². The van der Waals surface area contributed by atoms with Crippen LogP contribution in [0.3, 0.4) is 0 Å². The van der Waals surface area contributed by atoms with Crippen LogP contribution in [-0.4, -0.2) is 72.5 Å². The molecule has 3 aliphatic heterocycles. The number of piperidine rings is 1. The van der Waals surface area contributed by atoms with Crippen LogP contribution in [0.5, 0.6) is 0 Å². The van der Waals surface area contributed by atoms with Crippen molar-refractivity contribution in [2.24, 2.45) is 17.8 Å². The zero-order valence-corrected chi connectivity index (χ0v) is 23.0. The van der Waals surface area contributed by atoms with Crippen LogP contribution in [0.2, 0.25) is 0 Å². The van der Waals surface area contributed by atoms with E-state index in [0.717, 1.165) is 25.0 Å². The molecular formula is C27H34F3N5O4S. The number of carbonyl (C=O) groups is 2. The molecule has 40 heavy (non-hydrogen) atoms. The molecule has 1 saturated carbocycles. The van der Waals surface area contributed by atoms with Gasteiger partial charge in [-0.3, -0.25) is 9.59 Å². The number of alkyl halides is 3. The molecule has 0 radical (unpaired) electrons. The first-order chi connectivity index (χ1) is 19.0. The number of nitrogens with zero attached hydrogens (tertiary/aromatic N) is 4. The van der Waals surface area contributed by atoms with Gasteiger partial charge in [0.2, 0.25) is 11.8 Å². The van der Waals surface area contributed by atoms with Crippen molar-refractivity contribution in [1.29, 1.82) is 5.26 Å². The fraction of sp³-hybridized carbons (Fsp3) is 0.667. The summed E-state index contributed by atoms with van der Waals surface area (Å²) in [5, 5.41) is 12.0. The minimum Gasteiger partial charge on any atom is -0.347 e. The minimum absolute atomic E-state index is 0.0373. The highest BCUT2D eigenvalue weighted by atomic mass is 32.2. The molecule has 4 aliphatic rings. The van der Waals surface area contributed by atoms with Gasteiger partial charge >= 0.3 is 6.18 Å². The van der Waals surface area contributed by atoms with E-state index in [1.165, 1.54) is 20.7 Å². The number of halogens is 3. The number of hydrogen-bond acceptors (Lipinski definition) is 5. The summed E-state index contributed by atoms with van der Waals surface area (Å²) in [6.45, 7) is 1.05. The molecule has 13 heteroatoms. The SMILES string of the molecule is N#CC1CN(S(=O)(=O)N2CCC[C@H](C(=O)N3CCC[C@@H]3C(=O)NC(CC3CC3)c3ccc(C(F)(F)F)cc3)C2)C1. The molecular weight excluding hydrogens is 547 g/mol. The van der Waals surface area contributed by atoms with Crippen LogP contribution in [0.1, 0.15) is 62.1 Å². The van der Waals surface area contributed by atoms with E-state index in [1.807, 2.05) is 0 Å². The lowest BCUT2D eigenvalue weighted by Crippen LogP contribution is -2.57. The quantitative estimate of drug-likeness (QED) is 0.507. The Balaban J connectivity index is 1.24. The lowest BCUT2D eigenvalue weighted by Gasteiger charge is -2.41. The highest BCUT2D eigenvalue weighted by Gasteiger charge is 2.44. The summed E-state index contributed by atoms with van der Waals surface area (Å²) < 4.78 is 67.7. The van der Waals surface area contributed by atoms with E-state index >= 15 is 0 Å². The first kappa shape index (κ1) is 28.8. The second-order valence-electron chi connectivity index (χ2n) is 11.4. The van der Waals surface area contributed by atoms with Gasteiger partial charge in [-0.25, -0.2) is 0 Å². The van der Waals surface area contributed by atoms with Gasteiger partial charge in [-0.2, -0.15) is 35.5 Å². The van der Waals surface area contributed by atoms with Crippen LogP contribution in [0, 0.1) is 29.1 Å². The molecule has 0 aromatic heterocycles. The van der Waals surface area contributed by atoms with E-state index in [-0.39, 0.29) is 37.4 Å². The molecule has 0 bridgehead atoms. The number of nitrogens with one attached hydrogen (secondary N) is 1. The minimum atomic E-state index is -4.44. The molecule has 218 valence electrons. The smallest absolute Gasteiger partial charge is 0.347 e. The van der Waals surface area contributed by atoms with Gasteiger partial charge in [0.25, 0.3) is 10.2 Å². The zero-order valence-electron chi connectivity index (χ0n) is 22.1. The number of likely N-dealkylation sites (tertiary alicyclic amines) is 1. The molecule has 1 aliphatic carbocycles. The van der Waals surface area contributed by atoms with Crippen molar-refractivity contribution >= 4 is 22.0 Å². The number of nitriles is 1. The number of rotatable bonds is 8. The second-order valence-corrected chi connectivity index (χ2v) is 13.3. The van der Waals surface area contributed by atoms with Crippen molar-refractivity contribution in [2.75, 3.05) is 32.7 Å².